The molecule has 0 saturated carbocycles. The highest BCUT2D eigenvalue weighted by Crippen LogP contribution is 2.32. The number of aliphatic carboxylic acids is 1. The van der Waals surface area contributed by atoms with E-state index in [4.69, 9.17) is 14.6 Å². The van der Waals surface area contributed by atoms with E-state index in [1.54, 1.807) is 0 Å². The minimum Gasteiger partial charge on any atom is -0.486 e. The van der Waals surface area contributed by atoms with E-state index in [2.05, 4.69) is 43.4 Å². The second-order valence-corrected chi connectivity index (χ2v) is 11.3. The van der Waals surface area contributed by atoms with Gasteiger partial charge in [-0.3, -0.25) is 9.59 Å². The number of halogens is 2. The molecule has 208 valence electrons. The summed E-state index contributed by atoms with van der Waals surface area (Å²) in [4.78, 5) is 23.3. The van der Waals surface area contributed by atoms with Crippen molar-refractivity contribution in [2.45, 2.75) is 77.9 Å². The Morgan fingerprint density at radius 2 is 1.79 bits per heavy atom. The van der Waals surface area contributed by atoms with Gasteiger partial charge < -0.3 is 19.9 Å². The lowest BCUT2D eigenvalue weighted by atomic mass is 9.88. The van der Waals surface area contributed by atoms with Gasteiger partial charge in [0.05, 0.1) is 0 Å². The number of aryl methyl sites for hydroxylation is 1. The van der Waals surface area contributed by atoms with E-state index in [9.17, 15) is 18.4 Å². The molecule has 2 aromatic carbocycles. The Morgan fingerprint density at radius 3 is 2.39 bits per heavy atom. The van der Waals surface area contributed by atoms with Crippen LogP contribution >= 0.6 is 0 Å². The molecule has 0 bridgehead atoms. The summed E-state index contributed by atoms with van der Waals surface area (Å²) in [6.07, 6.45) is 2.29. The molecule has 0 fully saturated rings. The minimum absolute atomic E-state index is 0.0382. The number of hydrogen-bond donors (Lipinski definition) is 2. The number of ether oxygens (including phenoxy) is 2. The van der Waals surface area contributed by atoms with Crippen LogP contribution in [0.5, 0.6) is 5.75 Å². The van der Waals surface area contributed by atoms with E-state index in [1.807, 2.05) is 13.8 Å². The fourth-order valence-electron chi connectivity index (χ4n) is 4.98. The van der Waals surface area contributed by atoms with Gasteiger partial charge in [-0.1, -0.05) is 38.1 Å². The number of carbonyl (C=O) groups is 2. The molecule has 2 aromatic rings. The minimum atomic E-state index is -1.16. The maximum atomic E-state index is 14.4. The zero-order valence-electron chi connectivity index (χ0n) is 22.7. The van der Waals surface area contributed by atoms with Gasteiger partial charge in [0.25, 0.3) is 0 Å². The Balaban J connectivity index is 1.64. The maximum Gasteiger partial charge on any atom is 0.306 e. The van der Waals surface area contributed by atoms with Crippen molar-refractivity contribution in [3.63, 3.8) is 0 Å². The van der Waals surface area contributed by atoms with Gasteiger partial charge in [-0.15, -0.1) is 0 Å². The van der Waals surface area contributed by atoms with E-state index in [0.717, 1.165) is 25.3 Å². The average Bonchev–Trinajstić information content (AvgIpc) is 3.23. The van der Waals surface area contributed by atoms with Crippen LogP contribution in [-0.2, 0) is 33.6 Å². The second kappa shape index (κ2) is 13.2. The highest BCUT2D eigenvalue weighted by Gasteiger charge is 2.29. The first kappa shape index (κ1) is 29.6. The van der Waals surface area contributed by atoms with Crippen LogP contribution in [0.1, 0.15) is 63.6 Å². The number of nitrogens with one attached hydrogen (secondary N) is 1. The van der Waals surface area contributed by atoms with Crippen LogP contribution in [0.15, 0.2) is 36.4 Å². The molecule has 0 spiro atoms. The van der Waals surface area contributed by atoms with E-state index in [1.165, 1.54) is 17.2 Å². The van der Waals surface area contributed by atoms with Gasteiger partial charge in [-0.05, 0) is 80.2 Å². The van der Waals surface area contributed by atoms with Gasteiger partial charge in [-0.25, -0.2) is 4.39 Å². The summed E-state index contributed by atoms with van der Waals surface area (Å²) < 4.78 is 39.8. The molecule has 0 radical (unpaired) electrons. The Bertz CT molecular complexity index is 1090. The molecule has 0 aliphatic heterocycles. The Kier molecular flexibility index (Phi) is 10.3. The van der Waals surface area contributed by atoms with E-state index < -0.39 is 23.7 Å². The van der Waals surface area contributed by atoms with Gasteiger partial charge in [0.15, 0.2) is 11.6 Å². The van der Waals surface area contributed by atoms with Gasteiger partial charge >= 0.3 is 11.9 Å². The van der Waals surface area contributed by atoms with Crippen molar-refractivity contribution in [2.75, 3.05) is 13.2 Å². The topological polar surface area (TPSA) is 84.9 Å². The van der Waals surface area contributed by atoms with Gasteiger partial charge in [0.1, 0.15) is 12.7 Å². The van der Waals surface area contributed by atoms with E-state index >= 15 is 0 Å². The van der Waals surface area contributed by atoms with Crippen LogP contribution in [0.25, 0.3) is 0 Å². The predicted octanol–water partition coefficient (Wildman–Crippen LogP) is 5.49. The highest BCUT2D eigenvalue weighted by molar-refractivity contribution is 5.69. The zero-order valence-corrected chi connectivity index (χ0v) is 22.7. The van der Waals surface area contributed by atoms with Crippen molar-refractivity contribution in [2.24, 2.45) is 11.8 Å². The van der Waals surface area contributed by atoms with Gasteiger partial charge in [0.2, 0.25) is 5.82 Å². The monoisotopic (exact) mass is 531 g/mol. The third kappa shape index (κ3) is 9.08. The first-order chi connectivity index (χ1) is 17.9. The summed E-state index contributed by atoms with van der Waals surface area (Å²) in [5, 5.41) is 12.4. The number of fused-ring (bicyclic) bond motifs is 1. The molecule has 8 heteroatoms. The van der Waals surface area contributed by atoms with Crippen LogP contribution < -0.4 is 10.1 Å². The van der Waals surface area contributed by atoms with Crippen LogP contribution in [-0.4, -0.2) is 41.8 Å². The van der Waals surface area contributed by atoms with Crippen molar-refractivity contribution < 1.29 is 33.0 Å². The number of carbonyl (C=O) groups excluding carboxylic acids is 1. The molecule has 1 atom stereocenters. The van der Waals surface area contributed by atoms with Crippen molar-refractivity contribution in [1.82, 2.24) is 5.32 Å². The van der Waals surface area contributed by atoms with Crippen molar-refractivity contribution in [1.29, 1.82) is 0 Å². The van der Waals surface area contributed by atoms with Crippen LogP contribution in [0.3, 0.4) is 0 Å². The number of rotatable bonds is 14. The normalized spacial score (nSPS) is 14.4. The molecule has 0 heterocycles. The number of hydrogen-bond acceptors (Lipinski definition) is 5. The third-order valence-electron chi connectivity index (χ3n) is 6.72. The number of esters is 1. The first-order valence-electron chi connectivity index (χ1n) is 13.3. The average molecular weight is 532 g/mol. The summed E-state index contributed by atoms with van der Waals surface area (Å²) in [6.45, 7) is 8.12. The Morgan fingerprint density at radius 1 is 1.13 bits per heavy atom. The molecule has 1 aliphatic carbocycles. The molecule has 6 nitrogen and oxygen atoms in total. The molecule has 38 heavy (non-hydrogen) atoms. The summed E-state index contributed by atoms with van der Waals surface area (Å²) in [5.41, 5.74) is 2.83. The van der Waals surface area contributed by atoms with Crippen LogP contribution in [0.2, 0.25) is 0 Å². The third-order valence-corrected chi connectivity index (χ3v) is 6.72. The van der Waals surface area contributed by atoms with Gasteiger partial charge in [-0.2, -0.15) is 4.39 Å². The molecule has 3 rings (SSSR count). The van der Waals surface area contributed by atoms with Crippen molar-refractivity contribution in [3.8, 4) is 5.75 Å². The van der Waals surface area contributed by atoms with Crippen LogP contribution in [0, 0.1) is 23.5 Å². The quantitative estimate of drug-likeness (QED) is 0.314. The smallest absolute Gasteiger partial charge is 0.306 e. The largest absolute Gasteiger partial charge is 0.486 e. The Hall–Kier alpha value is -3.00. The molecule has 1 aliphatic rings. The molecular weight excluding hydrogens is 492 g/mol. The number of benzene rings is 2. The van der Waals surface area contributed by atoms with Crippen molar-refractivity contribution in [3.05, 3.63) is 64.7 Å². The SMILES string of the molecule is CC(C)CC(=O)O[C@H](CNC(C)(C)CC1Cc2ccccc2C1)COc1cc(CCC(=O)O)cc(F)c1F. The van der Waals surface area contributed by atoms with E-state index in [0.29, 0.717) is 11.5 Å². The van der Waals surface area contributed by atoms with Crippen LogP contribution in [0.4, 0.5) is 8.78 Å². The fourth-order valence-corrected chi connectivity index (χ4v) is 4.98. The van der Waals surface area contributed by atoms with Gasteiger partial charge in [0, 0.05) is 24.9 Å². The second-order valence-electron chi connectivity index (χ2n) is 11.3. The predicted molar refractivity (Wildman–Crippen MR) is 141 cm³/mol. The summed E-state index contributed by atoms with van der Waals surface area (Å²) >= 11 is 0. The molecule has 0 amide bonds. The standard InChI is InChI=1S/C30H39F2NO5/c1-19(2)11-28(36)38-24(18-37-26-15-20(9-10-27(34)35)14-25(31)29(26)32)17-33-30(3,4)16-21-12-22-7-5-6-8-23(22)13-21/h5-8,14-15,19,21,24,33H,9-13,16-18H2,1-4H3,(H,34,35)/t24-/m1/s1. The lowest BCUT2D eigenvalue weighted by Crippen LogP contribution is -2.47. The summed E-state index contributed by atoms with van der Waals surface area (Å²) in [6, 6.07) is 10.8. The molecular formula is C30H39F2NO5. The molecule has 0 unspecified atom stereocenters. The molecule has 0 aromatic heterocycles. The maximum absolute atomic E-state index is 14.4. The van der Waals surface area contributed by atoms with Crippen molar-refractivity contribution >= 4 is 11.9 Å². The Labute approximate surface area is 223 Å². The number of carboxylic acids is 1. The lowest BCUT2D eigenvalue weighted by molar-refractivity contribution is -0.151. The fraction of sp³-hybridized carbons (Fsp3) is 0.533. The zero-order chi connectivity index (χ0) is 27.9. The summed E-state index contributed by atoms with van der Waals surface area (Å²) in [7, 11) is 0. The first-order valence-corrected chi connectivity index (χ1v) is 13.3. The molecule has 0 saturated heterocycles. The number of carboxylic acid groups (broad SMARTS) is 1. The lowest BCUT2D eigenvalue weighted by Gasteiger charge is -2.31. The molecule has 2 N–H and O–H groups in total. The summed E-state index contributed by atoms with van der Waals surface area (Å²) in [5.74, 6) is -3.43. The highest BCUT2D eigenvalue weighted by atomic mass is 19.2. The van der Waals surface area contributed by atoms with E-state index in [-0.39, 0.29) is 55.6 Å².